The van der Waals surface area contributed by atoms with E-state index in [0.29, 0.717) is 24.6 Å². The van der Waals surface area contributed by atoms with Crippen molar-refractivity contribution in [2.75, 3.05) is 13.7 Å². The molecule has 1 aromatic rings. The number of carbonyl (C=O) groups excluding carboxylic acids is 1. The first kappa shape index (κ1) is 11.8. The fourth-order valence-electron chi connectivity index (χ4n) is 1.39. The van der Waals surface area contributed by atoms with Crippen LogP contribution in [0.1, 0.15) is 30.0 Å². The van der Waals surface area contributed by atoms with Gasteiger partial charge in [0, 0.05) is 20.1 Å². The number of carbonyl (C=O) groups is 1. The number of hydrogen-bond acceptors (Lipinski definition) is 4. The number of aromatic nitrogens is 3. The maximum absolute atomic E-state index is 10.7. The second kappa shape index (κ2) is 5.60. The van der Waals surface area contributed by atoms with Gasteiger partial charge in [-0.3, -0.25) is 4.79 Å². The average Bonchev–Trinajstić information content (AvgIpc) is 2.56. The van der Waals surface area contributed by atoms with Gasteiger partial charge in [0.15, 0.2) is 6.29 Å². The molecule has 5 nitrogen and oxygen atoms in total. The Kier molecular flexibility index (Phi) is 4.42. The molecule has 15 heavy (non-hydrogen) atoms. The van der Waals surface area contributed by atoms with Crippen molar-refractivity contribution in [3.05, 3.63) is 11.4 Å². The van der Waals surface area contributed by atoms with E-state index < -0.39 is 0 Å². The normalized spacial score (nSPS) is 10.9. The molecular weight excluding hydrogens is 194 g/mol. The summed E-state index contributed by atoms with van der Waals surface area (Å²) in [5, 5.41) is 7.79. The van der Waals surface area contributed by atoms with Crippen LogP contribution in [0.2, 0.25) is 0 Å². The molecule has 0 spiro atoms. The van der Waals surface area contributed by atoms with E-state index in [2.05, 4.69) is 24.2 Å². The van der Waals surface area contributed by atoms with Crippen molar-refractivity contribution in [2.24, 2.45) is 5.92 Å². The Labute approximate surface area is 89.4 Å². The summed E-state index contributed by atoms with van der Waals surface area (Å²) in [7, 11) is 1.64. The minimum Gasteiger partial charge on any atom is -0.384 e. The molecule has 0 fully saturated rings. The third kappa shape index (κ3) is 3.13. The average molecular weight is 211 g/mol. The van der Waals surface area contributed by atoms with Crippen molar-refractivity contribution < 1.29 is 9.53 Å². The lowest BCUT2D eigenvalue weighted by atomic mass is 10.2. The number of nitrogens with zero attached hydrogens (tertiary/aromatic N) is 3. The monoisotopic (exact) mass is 211 g/mol. The lowest BCUT2D eigenvalue weighted by Crippen LogP contribution is -2.12. The van der Waals surface area contributed by atoms with Gasteiger partial charge < -0.3 is 4.74 Å². The van der Waals surface area contributed by atoms with Crippen LogP contribution in [0.15, 0.2) is 0 Å². The van der Waals surface area contributed by atoms with Crippen LogP contribution in [0.4, 0.5) is 0 Å². The Morgan fingerprint density at radius 1 is 1.53 bits per heavy atom. The standard InChI is InChI=1S/C10H17N3O2/c1-8(2)6-13-10(4-5-15-3)9(7-14)11-12-13/h7-8H,4-6H2,1-3H3. The number of methoxy groups -OCH3 is 1. The molecule has 0 amide bonds. The minimum atomic E-state index is 0.424. The van der Waals surface area contributed by atoms with Crippen molar-refractivity contribution in [3.8, 4) is 0 Å². The Hall–Kier alpha value is -1.23. The molecule has 84 valence electrons. The summed E-state index contributed by atoms with van der Waals surface area (Å²) < 4.78 is 6.77. The highest BCUT2D eigenvalue weighted by Gasteiger charge is 2.12. The van der Waals surface area contributed by atoms with E-state index in [1.165, 1.54) is 0 Å². The molecule has 0 aromatic carbocycles. The molecule has 0 saturated carbocycles. The third-order valence-electron chi connectivity index (χ3n) is 2.06. The molecule has 0 saturated heterocycles. The fourth-order valence-corrected chi connectivity index (χ4v) is 1.39. The largest absolute Gasteiger partial charge is 0.384 e. The van der Waals surface area contributed by atoms with Crippen molar-refractivity contribution in [1.82, 2.24) is 15.0 Å². The van der Waals surface area contributed by atoms with E-state index >= 15 is 0 Å². The van der Waals surface area contributed by atoms with E-state index in [0.717, 1.165) is 18.5 Å². The lowest BCUT2D eigenvalue weighted by Gasteiger charge is -2.08. The van der Waals surface area contributed by atoms with Gasteiger partial charge in [0.25, 0.3) is 0 Å². The maximum atomic E-state index is 10.7. The molecule has 5 heteroatoms. The van der Waals surface area contributed by atoms with Gasteiger partial charge in [0.05, 0.1) is 12.3 Å². The molecule has 0 aliphatic carbocycles. The molecule has 1 rings (SSSR count). The summed E-state index contributed by atoms with van der Waals surface area (Å²) in [5.74, 6) is 0.479. The molecule has 1 aromatic heterocycles. The van der Waals surface area contributed by atoms with Crippen molar-refractivity contribution in [3.63, 3.8) is 0 Å². The van der Waals surface area contributed by atoms with Crippen LogP contribution in [-0.2, 0) is 17.7 Å². The zero-order valence-electron chi connectivity index (χ0n) is 9.43. The molecule has 0 aliphatic rings. The summed E-state index contributed by atoms with van der Waals surface area (Å²) >= 11 is 0. The van der Waals surface area contributed by atoms with Crippen molar-refractivity contribution in [1.29, 1.82) is 0 Å². The molecule has 0 aliphatic heterocycles. The van der Waals surface area contributed by atoms with Gasteiger partial charge in [-0.2, -0.15) is 0 Å². The van der Waals surface area contributed by atoms with Crippen LogP contribution in [-0.4, -0.2) is 35.0 Å². The number of aldehydes is 1. The Morgan fingerprint density at radius 3 is 2.80 bits per heavy atom. The van der Waals surface area contributed by atoms with Crippen LogP contribution in [0, 0.1) is 5.92 Å². The van der Waals surface area contributed by atoms with Gasteiger partial charge in [-0.15, -0.1) is 5.10 Å². The molecule has 0 radical (unpaired) electrons. The summed E-state index contributed by atoms with van der Waals surface area (Å²) in [6.45, 7) is 5.55. The predicted octanol–water partition coefficient (Wildman–Crippen LogP) is 0.935. The molecular formula is C10H17N3O2. The molecule has 0 bridgehead atoms. The number of hydrogen-bond donors (Lipinski definition) is 0. The van der Waals surface area contributed by atoms with E-state index in [4.69, 9.17) is 4.74 Å². The van der Waals surface area contributed by atoms with E-state index in [1.54, 1.807) is 11.8 Å². The molecule has 0 atom stereocenters. The van der Waals surface area contributed by atoms with Crippen molar-refractivity contribution in [2.45, 2.75) is 26.8 Å². The Balaban J connectivity index is 2.84. The van der Waals surface area contributed by atoms with Gasteiger partial charge in [-0.05, 0) is 5.92 Å². The van der Waals surface area contributed by atoms with Crippen LogP contribution < -0.4 is 0 Å². The highest BCUT2D eigenvalue weighted by Crippen LogP contribution is 2.07. The summed E-state index contributed by atoms with van der Waals surface area (Å²) in [6.07, 6.45) is 1.42. The van der Waals surface area contributed by atoms with Gasteiger partial charge in [0.2, 0.25) is 0 Å². The van der Waals surface area contributed by atoms with Crippen molar-refractivity contribution >= 4 is 6.29 Å². The van der Waals surface area contributed by atoms with Gasteiger partial charge in [0.1, 0.15) is 5.69 Å². The molecule has 0 N–H and O–H groups in total. The first-order valence-electron chi connectivity index (χ1n) is 5.05. The predicted molar refractivity (Wildman–Crippen MR) is 55.8 cm³/mol. The quantitative estimate of drug-likeness (QED) is 0.657. The van der Waals surface area contributed by atoms with Crippen LogP contribution in [0.5, 0.6) is 0 Å². The van der Waals surface area contributed by atoms with E-state index in [-0.39, 0.29) is 0 Å². The lowest BCUT2D eigenvalue weighted by molar-refractivity contribution is 0.111. The second-order valence-corrected chi connectivity index (χ2v) is 3.86. The van der Waals surface area contributed by atoms with E-state index in [9.17, 15) is 4.79 Å². The zero-order valence-corrected chi connectivity index (χ0v) is 9.43. The highest BCUT2D eigenvalue weighted by atomic mass is 16.5. The first-order chi connectivity index (χ1) is 7.19. The van der Waals surface area contributed by atoms with Crippen LogP contribution in [0.25, 0.3) is 0 Å². The summed E-state index contributed by atoms with van der Waals surface area (Å²) in [4.78, 5) is 10.7. The van der Waals surface area contributed by atoms with Gasteiger partial charge >= 0.3 is 0 Å². The van der Waals surface area contributed by atoms with Gasteiger partial charge in [-0.25, -0.2) is 4.68 Å². The zero-order chi connectivity index (χ0) is 11.3. The third-order valence-corrected chi connectivity index (χ3v) is 2.06. The molecule has 0 unspecified atom stereocenters. The fraction of sp³-hybridized carbons (Fsp3) is 0.700. The second-order valence-electron chi connectivity index (χ2n) is 3.86. The van der Waals surface area contributed by atoms with E-state index in [1.807, 2.05) is 0 Å². The summed E-state index contributed by atoms with van der Waals surface area (Å²) in [6, 6.07) is 0. The first-order valence-corrected chi connectivity index (χ1v) is 5.05. The SMILES string of the molecule is COCCc1c(C=O)nnn1CC(C)C. The minimum absolute atomic E-state index is 0.424. The van der Waals surface area contributed by atoms with Crippen LogP contribution >= 0.6 is 0 Å². The Bertz CT molecular complexity index is 320. The van der Waals surface area contributed by atoms with Crippen LogP contribution in [0.3, 0.4) is 0 Å². The highest BCUT2D eigenvalue weighted by molar-refractivity contribution is 5.73. The number of ether oxygens (including phenoxy) is 1. The topological polar surface area (TPSA) is 57.0 Å². The summed E-state index contributed by atoms with van der Waals surface area (Å²) in [5.41, 5.74) is 1.29. The number of rotatable bonds is 6. The van der Waals surface area contributed by atoms with Gasteiger partial charge in [-0.1, -0.05) is 19.1 Å². The Morgan fingerprint density at radius 2 is 2.27 bits per heavy atom. The smallest absolute Gasteiger partial charge is 0.172 e. The maximum Gasteiger partial charge on any atom is 0.172 e. The molecule has 1 heterocycles.